The minimum absolute atomic E-state index is 0.0567. The van der Waals surface area contributed by atoms with Crippen molar-refractivity contribution in [3.05, 3.63) is 0 Å². The van der Waals surface area contributed by atoms with Crippen molar-refractivity contribution in [1.29, 1.82) is 0 Å². The average molecular weight is 254 g/mol. The number of amides is 2. The van der Waals surface area contributed by atoms with Crippen molar-refractivity contribution in [3.63, 3.8) is 0 Å². The van der Waals surface area contributed by atoms with Crippen LogP contribution in [-0.4, -0.2) is 48.0 Å². The third-order valence-corrected chi connectivity index (χ3v) is 3.76. The van der Waals surface area contributed by atoms with E-state index in [4.69, 9.17) is 0 Å². The summed E-state index contributed by atoms with van der Waals surface area (Å²) in [6, 6.07) is 0.413. The van der Waals surface area contributed by atoms with Gasteiger partial charge in [-0.05, 0) is 26.7 Å². The Morgan fingerprint density at radius 2 is 2.00 bits per heavy atom. The molecule has 102 valence electrons. The molecule has 0 aliphatic carbocycles. The molecule has 0 bridgehead atoms. The lowest BCUT2D eigenvalue weighted by atomic mass is 10.00. The van der Waals surface area contributed by atoms with Gasteiger partial charge in [0.05, 0.1) is 6.54 Å². The van der Waals surface area contributed by atoms with Crippen LogP contribution in [0.3, 0.4) is 0 Å². The maximum Gasteiger partial charge on any atom is 0.253 e. The van der Waals surface area contributed by atoms with E-state index in [1.807, 2.05) is 5.01 Å². The van der Waals surface area contributed by atoms with Crippen LogP contribution in [0.1, 0.15) is 33.1 Å². The molecule has 0 spiro atoms. The maximum absolute atomic E-state index is 12.1. The first-order valence-corrected chi connectivity index (χ1v) is 6.67. The smallest absolute Gasteiger partial charge is 0.253 e. The van der Waals surface area contributed by atoms with Crippen LogP contribution in [-0.2, 0) is 9.59 Å². The van der Waals surface area contributed by atoms with Crippen LogP contribution in [0.5, 0.6) is 0 Å². The van der Waals surface area contributed by atoms with Gasteiger partial charge in [0.2, 0.25) is 5.91 Å². The standard InChI is InChI=1S/C12H22N4O2/c1-8-4-3-5-9(2)16(8)15-12(18)10-6-14-11(17)7-13-10/h8-10,13H,3-7H2,1-2H3,(H,14,17)(H,15,18). The zero-order chi connectivity index (χ0) is 13.1. The van der Waals surface area contributed by atoms with Crippen LogP contribution in [0.25, 0.3) is 0 Å². The molecular weight excluding hydrogens is 232 g/mol. The lowest BCUT2D eigenvalue weighted by Gasteiger charge is -2.39. The van der Waals surface area contributed by atoms with Crippen molar-refractivity contribution in [1.82, 2.24) is 21.1 Å². The molecule has 2 amide bonds. The molecule has 3 atom stereocenters. The number of rotatable bonds is 2. The van der Waals surface area contributed by atoms with Crippen LogP contribution in [0, 0.1) is 0 Å². The molecule has 3 unspecified atom stereocenters. The Labute approximate surface area is 107 Å². The molecule has 6 nitrogen and oxygen atoms in total. The zero-order valence-corrected chi connectivity index (χ0v) is 11.0. The van der Waals surface area contributed by atoms with Gasteiger partial charge < -0.3 is 5.32 Å². The van der Waals surface area contributed by atoms with E-state index in [0.29, 0.717) is 18.6 Å². The second-order valence-electron chi connectivity index (χ2n) is 5.25. The van der Waals surface area contributed by atoms with Crippen molar-refractivity contribution >= 4 is 11.8 Å². The van der Waals surface area contributed by atoms with E-state index in [1.54, 1.807) is 0 Å². The first-order chi connectivity index (χ1) is 8.58. The first kappa shape index (κ1) is 13.3. The highest BCUT2D eigenvalue weighted by molar-refractivity contribution is 5.86. The van der Waals surface area contributed by atoms with E-state index >= 15 is 0 Å². The summed E-state index contributed by atoms with van der Waals surface area (Å²) >= 11 is 0. The highest BCUT2D eigenvalue weighted by atomic mass is 16.2. The summed E-state index contributed by atoms with van der Waals surface area (Å²) in [6.07, 6.45) is 3.44. The lowest BCUT2D eigenvalue weighted by molar-refractivity contribution is -0.133. The van der Waals surface area contributed by atoms with Gasteiger partial charge in [0.15, 0.2) is 0 Å². The van der Waals surface area contributed by atoms with Crippen molar-refractivity contribution < 1.29 is 9.59 Å². The van der Waals surface area contributed by atoms with Gasteiger partial charge in [0.1, 0.15) is 6.04 Å². The quantitative estimate of drug-likeness (QED) is 0.613. The molecule has 0 aromatic rings. The molecule has 2 saturated heterocycles. The number of nitrogens with one attached hydrogen (secondary N) is 3. The fourth-order valence-corrected chi connectivity index (χ4v) is 2.60. The van der Waals surface area contributed by atoms with Gasteiger partial charge in [0, 0.05) is 18.6 Å². The Bertz CT molecular complexity index is 314. The first-order valence-electron chi connectivity index (χ1n) is 6.67. The summed E-state index contributed by atoms with van der Waals surface area (Å²) < 4.78 is 0. The molecule has 2 aliphatic rings. The second-order valence-corrected chi connectivity index (χ2v) is 5.25. The Balaban J connectivity index is 1.88. The summed E-state index contributed by atoms with van der Waals surface area (Å²) in [4.78, 5) is 23.1. The summed E-state index contributed by atoms with van der Waals surface area (Å²) in [7, 11) is 0. The van der Waals surface area contributed by atoms with Crippen LogP contribution < -0.4 is 16.1 Å². The predicted molar refractivity (Wildman–Crippen MR) is 67.6 cm³/mol. The normalized spacial score (nSPS) is 33.9. The van der Waals surface area contributed by atoms with Gasteiger partial charge in [-0.15, -0.1) is 0 Å². The van der Waals surface area contributed by atoms with Crippen LogP contribution in [0.2, 0.25) is 0 Å². The van der Waals surface area contributed by atoms with E-state index in [2.05, 4.69) is 29.9 Å². The number of piperidine rings is 1. The molecule has 18 heavy (non-hydrogen) atoms. The fraction of sp³-hybridized carbons (Fsp3) is 0.833. The molecule has 0 aromatic heterocycles. The topological polar surface area (TPSA) is 73.5 Å². The Hall–Kier alpha value is -1.14. The third-order valence-electron chi connectivity index (χ3n) is 3.76. The molecule has 2 rings (SSSR count). The van der Waals surface area contributed by atoms with Crippen molar-refractivity contribution in [3.8, 4) is 0 Å². The second kappa shape index (κ2) is 5.67. The SMILES string of the molecule is CC1CCCC(C)N1NC(=O)C1CNC(=O)CN1. The highest BCUT2D eigenvalue weighted by Crippen LogP contribution is 2.20. The Morgan fingerprint density at radius 3 is 2.56 bits per heavy atom. The number of hydrogen-bond donors (Lipinski definition) is 3. The number of carbonyl (C=O) groups excluding carboxylic acids is 2. The molecule has 0 radical (unpaired) electrons. The largest absolute Gasteiger partial charge is 0.353 e. The predicted octanol–water partition coefficient (Wildman–Crippen LogP) is -0.631. The average Bonchev–Trinajstić information content (AvgIpc) is 2.34. The summed E-state index contributed by atoms with van der Waals surface area (Å²) in [5.74, 6) is -0.116. The van der Waals surface area contributed by atoms with Crippen molar-refractivity contribution in [2.45, 2.75) is 51.2 Å². The van der Waals surface area contributed by atoms with E-state index in [-0.39, 0.29) is 24.4 Å². The van der Waals surface area contributed by atoms with E-state index in [1.165, 1.54) is 6.42 Å². The van der Waals surface area contributed by atoms with Crippen LogP contribution in [0.15, 0.2) is 0 Å². The lowest BCUT2D eigenvalue weighted by Crippen LogP contribution is -2.62. The van der Waals surface area contributed by atoms with E-state index in [9.17, 15) is 9.59 Å². The number of carbonyl (C=O) groups is 2. The number of hydrazine groups is 1. The maximum atomic E-state index is 12.1. The molecule has 3 N–H and O–H groups in total. The number of hydrogen-bond acceptors (Lipinski definition) is 4. The highest BCUT2D eigenvalue weighted by Gasteiger charge is 2.30. The van der Waals surface area contributed by atoms with Gasteiger partial charge >= 0.3 is 0 Å². The summed E-state index contributed by atoms with van der Waals surface area (Å²) in [5, 5.41) is 7.67. The van der Waals surface area contributed by atoms with Gasteiger partial charge in [-0.25, -0.2) is 5.01 Å². The summed E-state index contributed by atoms with van der Waals surface area (Å²) in [5.41, 5.74) is 2.98. The number of nitrogens with zero attached hydrogens (tertiary/aromatic N) is 1. The minimum atomic E-state index is -0.330. The number of piperazine rings is 1. The van der Waals surface area contributed by atoms with Crippen molar-refractivity contribution in [2.24, 2.45) is 0 Å². The van der Waals surface area contributed by atoms with Crippen LogP contribution >= 0.6 is 0 Å². The molecular formula is C12H22N4O2. The van der Waals surface area contributed by atoms with E-state index in [0.717, 1.165) is 12.8 Å². The van der Waals surface area contributed by atoms with Gasteiger partial charge in [-0.3, -0.25) is 20.3 Å². The monoisotopic (exact) mass is 254 g/mol. The van der Waals surface area contributed by atoms with E-state index < -0.39 is 0 Å². The minimum Gasteiger partial charge on any atom is -0.353 e. The molecule has 2 heterocycles. The fourth-order valence-electron chi connectivity index (χ4n) is 2.60. The molecule has 2 fully saturated rings. The Kier molecular flexibility index (Phi) is 4.19. The summed E-state index contributed by atoms with van der Waals surface area (Å²) in [6.45, 7) is 4.84. The van der Waals surface area contributed by atoms with Gasteiger partial charge in [-0.1, -0.05) is 6.42 Å². The van der Waals surface area contributed by atoms with Gasteiger partial charge in [0.25, 0.3) is 5.91 Å². The Morgan fingerprint density at radius 1 is 1.33 bits per heavy atom. The molecule has 0 aromatic carbocycles. The zero-order valence-electron chi connectivity index (χ0n) is 11.0. The third kappa shape index (κ3) is 3.00. The molecule has 2 aliphatic heterocycles. The molecule has 6 heteroatoms. The molecule has 0 saturated carbocycles. The van der Waals surface area contributed by atoms with Crippen molar-refractivity contribution in [2.75, 3.05) is 13.1 Å². The van der Waals surface area contributed by atoms with Gasteiger partial charge in [-0.2, -0.15) is 0 Å². The van der Waals surface area contributed by atoms with Crippen LogP contribution in [0.4, 0.5) is 0 Å².